The number of carbonyl (C=O) groups is 1. The van der Waals surface area contributed by atoms with E-state index in [-0.39, 0.29) is 6.61 Å². The summed E-state index contributed by atoms with van der Waals surface area (Å²) in [5.41, 5.74) is 1.68. The van der Waals surface area contributed by atoms with Gasteiger partial charge in [-0.3, -0.25) is 4.21 Å². The summed E-state index contributed by atoms with van der Waals surface area (Å²) in [5.74, 6) is -0.0540. The molecule has 22 heavy (non-hydrogen) atoms. The van der Waals surface area contributed by atoms with Crippen molar-refractivity contribution in [3.05, 3.63) is 65.2 Å². The summed E-state index contributed by atoms with van der Waals surface area (Å²) in [4.78, 5) is 12.7. The van der Waals surface area contributed by atoms with Gasteiger partial charge in [0, 0.05) is 5.75 Å². The number of nitriles is 1. The Morgan fingerprint density at radius 3 is 2.50 bits per heavy atom. The fourth-order valence-corrected chi connectivity index (χ4v) is 2.83. The monoisotopic (exact) mass is 313 g/mol. The second-order valence-corrected chi connectivity index (χ2v) is 6.22. The first-order valence-electron chi connectivity index (χ1n) is 6.79. The van der Waals surface area contributed by atoms with E-state index in [2.05, 4.69) is 0 Å². The maximum absolute atomic E-state index is 12.2. The number of rotatable bonds is 5. The first kappa shape index (κ1) is 15.9. The van der Waals surface area contributed by atoms with Gasteiger partial charge in [0.1, 0.15) is 6.61 Å². The lowest BCUT2D eigenvalue weighted by molar-refractivity contribution is 0.0468. The van der Waals surface area contributed by atoms with E-state index in [9.17, 15) is 9.00 Å². The lowest BCUT2D eigenvalue weighted by Gasteiger charge is -2.09. The van der Waals surface area contributed by atoms with Crippen LogP contribution in [0.25, 0.3) is 0 Å². The van der Waals surface area contributed by atoms with Crippen molar-refractivity contribution in [1.82, 2.24) is 0 Å². The van der Waals surface area contributed by atoms with Crippen molar-refractivity contribution in [3.8, 4) is 6.07 Å². The highest BCUT2D eigenvalue weighted by atomic mass is 32.2. The Bertz CT molecular complexity index is 732. The van der Waals surface area contributed by atoms with E-state index in [0.717, 1.165) is 5.56 Å². The molecule has 0 fully saturated rings. The Labute approximate surface area is 131 Å². The van der Waals surface area contributed by atoms with E-state index in [0.29, 0.717) is 21.8 Å². The van der Waals surface area contributed by atoms with Gasteiger partial charge in [0.15, 0.2) is 0 Å². The lowest BCUT2D eigenvalue weighted by Crippen LogP contribution is -2.10. The van der Waals surface area contributed by atoms with Crippen molar-refractivity contribution in [2.24, 2.45) is 0 Å². The Balaban J connectivity index is 2.09. The predicted molar refractivity (Wildman–Crippen MR) is 83.7 cm³/mol. The quantitative estimate of drug-likeness (QED) is 0.796. The number of benzene rings is 2. The maximum Gasteiger partial charge on any atom is 0.339 e. The summed E-state index contributed by atoms with van der Waals surface area (Å²) in [5, 5.41) is 8.74. The van der Waals surface area contributed by atoms with Crippen molar-refractivity contribution in [1.29, 1.82) is 5.26 Å². The Morgan fingerprint density at radius 1 is 1.18 bits per heavy atom. The van der Waals surface area contributed by atoms with E-state index in [1.165, 1.54) is 0 Å². The van der Waals surface area contributed by atoms with Crippen LogP contribution >= 0.6 is 0 Å². The predicted octanol–water partition coefficient (Wildman–Crippen LogP) is 3.04. The number of hydrogen-bond donors (Lipinski definition) is 0. The molecular formula is C17H15NO3S. The Hall–Kier alpha value is -2.45. The topological polar surface area (TPSA) is 67.2 Å². The van der Waals surface area contributed by atoms with E-state index < -0.39 is 16.8 Å². The summed E-state index contributed by atoms with van der Waals surface area (Å²) < 4.78 is 17.2. The fourth-order valence-electron chi connectivity index (χ4n) is 1.89. The van der Waals surface area contributed by atoms with E-state index in [4.69, 9.17) is 10.00 Å². The van der Waals surface area contributed by atoms with Gasteiger partial charge < -0.3 is 4.74 Å². The largest absolute Gasteiger partial charge is 0.457 e. The zero-order chi connectivity index (χ0) is 15.9. The Kier molecular flexibility index (Phi) is 5.45. The molecule has 0 saturated carbocycles. The number of carbonyl (C=O) groups excluding carboxylic acids is 1. The molecule has 0 bridgehead atoms. The van der Waals surface area contributed by atoms with E-state index in [1.807, 2.05) is 6.07 Å². The van der Waals surface area contributed by atoms with Gasteiger partial charge >= 0.3 is 5.97 Å². The molecule has 1 atom stereocenters. The molecule has 2 aromatic carbocycles. The van der Waals surface area contributed by atoms with Crippen LogP contribution in [0.2, 0.25) is 0 Å². The number of hydrogen-bond acceptors (Lipinski definition) is 4. The van der Waals surface area contributed by atoms with Crippen LogP contribution in [0.4, 0.5) is 0 Å². The molecule has 0 aliphatic carbocycles. The van der Waals surface area contributed by atoms with Crippen LogP contribution in [0.15, 0.2) is 53.4 Å². The molecule has 0 spiro atoms. The molecule has 0 radical (unpaired) electrons. The third-order valence-electron chi connectivity index (χ3n) is 3.07. The first-order valence-corrected chi connectivity index (χ1v) is 8.11. The average Bonchev–Trinajstić information content (AvgIpc) is 2.59. The Morgan fingerprint density at radius 2 is 1.86 bits per heavy atom. The molecule has 5 heteroatoms. The van der Waals surface area contributed by atoms with E-state index in [1.54, 1.807) is 55.5 Å². The fraction of sp³-hybridized carbons (Fsp3) is 0.176. The van der Waals surface area contributed by atoms with Gasteiger partial charge in [0.05, 0.1) is 32.9 Å². The normalized spacial score (nSPS) is 11.5. The van der Waals surface area contributed by atoms with Gasteiger partial charge in [-0.25, -0.2) is 4.79 Å². The second kappa shape index (κ2) is 7.53. The summed E-state index contributed by atoms with van der Waals surface area (Å²) >= 11 is 0. The summed E-state index contributed by atoms with van der Waals surface area (Å²) in [6, 6.07) is 15.6. The molecule has 0 unspecified atom stereocenters. The molecular weight excluding hydrogens is 298 g/mol. The van der Waals surface area contributed by atoms with Crippen LogP contribution in [-0.2, 0) is 22.1 Å². The first-order chi connectivity index (χ1) is 10.7. The third-order valence-corrected chi connectivity index (χ3v) is 4.44. The number of ether oxygens (including phenoxy) is 1. The van der Waals surface area contributed by atoms with Crippen LogP contribution in [0, 0.1) is 11.3 Å². The van der Waals surface area contributed by atoms with E-state index >= 15 is 0 Å². The summed E-state index contributed by atoms with van der Waals surface area (Å²) in [6.07, 6.45) is 0. The van der Waals surface area contributed by atoms with Gasteiger partial charge in [-0.05, 0) is 29.8 Å². The molecule has 0 amide bonds. The molecule has 4 nitrogen and oxygen atoms in total. The van der Waals surface area contributed by atoms with Crippen molar-refractivity contribution in [3.63, 3.8) is 0 Å². The zero-order valence-corrected chi connectivity index (χ0v) is 12.9. The molecule has 0 aliphatic rings. The van der Waals surface area contributed by atoms with Crippen molar-refractivity contribution in [2.75, 3.05) is 5.75 Å². The smallest absolute Gasteiger partial charge is 0.339 e. The van der Waals surface area contributed by atoms with Crippen LogP contribution < -0.4 is 0 Å². The molecule has 112 valence electrons. The second-order valence-electron chi connectivity index (χ2n) is 4.52. The van der Waals surface area contributed by atoms with Crippen LogP contribution in [0.3, 0.4) is 0 Å². The summed E-state index contributed by atoms with van der Waals surface area (Å²) in [7, 11) is -1.21. The van der Waals surface area contributed by atoms with Crippen LogP contribution in [0.1, 0.15) is 28.4 Å². The minimum Gasteiger partial charge on any atom is -0.457 e. The van der Waals surface area contributed by atoms with Gasteiger partial charge in [-0.15, -0.1) is 0 Å². The molecule has 0 saturated heterocycles. The van der Waals surface area contributed by atoms with Crippen molar-refractivity contribution < 1.29 is 13.7 Å². The molecule has 0 heterocycles. The maximum atomic E-state index is 12.2. The lowest BCUT2D eigenvalue weighted by atomic mass is 10.1. The van der Waals surface area contributed by atoms with Crippen molar-refractivity contribution >= 4 is 16.8 Å². The molecule has 2 rings (SSSR count). The van der Waals surface area contributed by atoms with Gasteiger partial charge in [0.2, 0.25) is 0 Å². The third kappa shape index (κ3) is 3.80. The number of esters is 1. The van der Waals surface area contributed by atoms with Gasteiger partial charge in [-0.1, -0.05) is 31.2 Å². The van der Waals surface area contributed by atoms with Gasteiger partial charge in [-0.2, -0.15) is 5.26 Å². The SMILES string of the molecule is CC[S@](=O)c1ccccc1C(=O)OCc1ccc(C#N)cc1. The van der Waals surface area contributed by atoms with Crippen molar-refractivity contribution in [2.45, 2.75) is 18.4 Å². The zero-order valence-electron chi connectivity index (χ0n) is 12.1. The van der Waals surface area contributed by atoms with Gasteiger partial charge in [0.25, 0.3) is 0 Å². The highest BCUT2D eigenvalue weighted by Crippen LogP contribution is 2.16. The number of nitrogens with zero attached hydrogens (tertiary/aromatic N) is 1. The molecule has 0 aliphatic heterocycles. The molecule has 2 aromatic rings. The minimum atomic E-state index is -1.21. The van der Waals surface area contributed by atoms with Crippen LogP contribution in [0.5, 0.6) is 0 Å². The average molecular weight is 313 g/mol. The molecule has 0 N–H and O–H groups in total. The highest BCUT2D eigenvalue weighted by Gasteiger charge is 2.15. The minimum absolute atomic E-state index is 0.109. The van der Waals surface area contributed by atoms with Crippen LogP contribution in [-0.4, -0.2) is 15.9 Å². The summed E-state index contributed by atoms with van der Waals surface area (Å²) in [6.45, 7) is 1.91. The highest BCUT2D eigenvalue weighted by molar-refractivity contribution is 7.85. The standard InChI is InChI=1S/C17H15NO3S/c1-2-22(20)16-6-4-3-5-15(16)17(19)21-12-14-9-7-13(11-18)8-10-14/h3-10H,2,12H2,1H3/t22-/m0/s1. The molecule has 0 aromatic heterocycles.